The van der Waals surface area contributed by atoms with Gasteiger partial charge in [-0.2, -0.15) is 13.2 Å². The van der Waals surface area contributed by atoms with Gasteiger partial charge in [-0.25, -0.2) is 0 Å². The minimum atomic E-state index is -4.42. The summed E-state index contributed by atoms with van der Waals surface area (Å²) in [6, 6.07) is 14.2. The molecule has 0 radical (unpaired) electrons. The number of allylic oxidation sites excluding steroid dienone is 1. The summed E-state index contributed by atoms with van der Waals surface area (Å²) in [7, 11) is 0. The largest absolute Gasteiger partial charge is 0.416 e. The first-order valence-electron chi connectivity index (χ1n) is 9.49. The second-order valence-corrected chi connectivity index (χ2v) is 8.09. The number of amides is 1. The van der Waals surface area contributed by atoms with Gasteiger partial charge in [-0.05, 0) is 36.8 Å². The number of hydrogen-bond donors (Lipinski definition) is 1. The van der Waals surface area contributed by atoms with Crippen LogP contribution in [0.4, 0.5) is 18.9 Å². The Morgan fingerprint density at radius 2 is 1.84 bits per heavy atom. The van der Waals surface area contributed by atoms with Crippen molar-refractivity contribution in [2.75, 3.05) is 5.32 Å². The first-order valence-corrected chi connectivity index (χ1v) is 10.4. The SMILES string of the molecule is C=CCn1c(Cc2ccccc2)nnc1SC(C)C(=O)Nc1ccc(C(F)(F)F)cc1. The Kier molecular flexibility index (Phi) is 7.17. The summed E-state index contributed by atoms with van der Waals surface area (Å²) in [6.45, 7) is 5.97. The molecule has 0 saturated heterocycles. The smallest absolute Gasteiger partial charge is 0.325 e. The highest BCUT2D eigenvalue weighted by atomic mass is 32.2. The van der Waals surface area contributed by atoms with Crippen molar-refractivity contribution in [3.8, 4) is 0 Å². The Labute approximate surface area is 182 Å². The van der Waals surface area contributed by atoms with Crippen molar-refractivity contribution in [2.45, 2.75) is 36.5 Å². The maximum atomic E-state index is 12.7. The number of benzene rings is 2. The molecule has 0 saturated carbocycles. The zero-order valence-electron chi connectivity index (χ0n) is 16.8. The van der Waals surface area contributed by atoms with Crippen LogP contribution in [0.15, 0.2) is 72.4 Å². The normalized spacial score (nSPS) is 12.4. The van der Waals surface area contributed by atoms with Crippen LogP contribution in [0.5, 0.6) is 0 Å². The van der Waals surface area contributed by atoms with Crippen LogP contribution in [0.2, 0.25) is 0 Å². The summed E-state index contributed by atoms with van der Waals surface area (Å²) in [4.78, 5) is 12.5. The number of nitrogens with zero attached hydrogens (tertiary/aromatic N) is 3. The van der Waals surface area contributed by atoms with Crippen LogP contribution in [0, 0.1) is 0 Å². The maximum absolute atomic E-state index is 12.7. The topological polar surface area (TPSA) is 59.8 Å². The van der Waals surface area contributed by atoms with Crippen LogP contribution in [0.1, 0.15) is 23.9 Å². The van der Waals surface area contributed by atoms with Crippen molar-refractivity contribution in [3.63, 3.8) is 0 Å². The summed E-state index contributed by atoms with van der Waals surface area (Å²) in [5.74, 6) is 0.409. The lowest BCUT2D eigenvalue weighted by atomic mass is 10.1. The average Bonchev–Trinajstić information content (AvgIpc) is 3.10. The lowest BCUT2D eigenvalue weighted by molar-refractivity contribution is -0.137. The third-order valence-electron chi connectivity index (χ3n) is 4.44. The summed E-state index contributed by atoms with van der Waals surface area (Å²) in [5.41, 5.74) is 0.615. The van der Waals surface area contributed by atoms with Gasteiger partial charge < -0.3 is 9.88 Å². The predicted molar refractivity (Wildman–Crippen MR) is 115 cm³/mol. The molecule has 162 valence electrons. The lowest BCUT2D eigenvalue weighted by Crippen LogP contribution is -2.23. The van der Waals surface area contributed by atoms with Gasteiger partial charge in [0.25, 0.3) is 0 Å². The summed E-state index contributed by atoms with van der Waals surface area (Å²) in [6.07, 6.45) is -2.10. The second-order valence-electron chi connectivity index (χ2n) is 6.78. The van der Waals surface area contributed by atoms with Crippen molar-refractivity contribution >= 4 is 23.4 Å². The van der Waals surface area contributed by atoms with E-state index in [0.29, 0.717) is 23.8 Å². The third kappa shape index (κ3) is 5.97. The van der Waals surface area contributed by atoms with Crippen LogP contribution in [0.25, 0.3) is 0 Å². The molecule has 3 rings (SSSR count). The van der Waals surface area contributed by atoms with E-state index in [1.54, 1.807) is 13.0 Å². The van der Waals surface area contributed by atoms with E-state index in [2.05, 4.69) is 22.1 Å². The Bertz CT molecular complexity index is 1030. The van der Waals surface area contributed by atoms with E-state index in [1.807, 2.05) is 34.9 Å². The van der Waals surface area contributed by atoms with Gasteiger partial charge in [0.1, 0.15) is 5.82 Å². The zero-order chi connectivity index (χ0) is 22.4. The quantitative estimate of drug-likeness (QED) is 0.382. The Hall–Kier alpha value is -3.07. The summed E-state index contributed by atoms with van der Waals surface area (Å²) >= 11 is 1.23. The maximum Gasteiger partial charge on any atom is 0.416 e. The van der Waals surface area contributed by atoms with E-state index in [-0.39, 0.29) is 5.91 Å². The molecule has 0 spiro atoms. The van der Waals surface area contributed by atoms with Crippen molar-refractivity contribution in [3.05, 3.63) is 84.2 Å². The van der Waals surface area contributed by atoms with Gasteiger partial charge in [0.05, 0.1) is 10.8 Å². The summed E-state index contributed by atoms with van der Waals surface area (Å²) < 4.78 is 39.9. The molecule has 0 aliphatic carbocycles. The number of alkyl halides is 3. The molecule has 1 N–H and O–H groups in total. The van der Waals surface area contributed by atoms with Gasteiger partial charge in [0, 0.05) is 18.7 Å². The van der Waals surface area contributed by atoms with Gasteiger partial charge in [-0.3, -0.25) is 4.79 Å². The Balaban J connectivity index is 1.68. The fraction of sp³-hybridized carbons (Fsp3) is 0.227. The van der Waals surface area contributed by atoms with Gasteiger partial charge in [-0.1, -0.05) is 48.2 Å². The molecule has 9 heteroatoms. The van der Waals surface area contributed by atoms with Crippen molar-refractivity contribution in [2.24, 2.45) is 0 Å². The van der Waals surface area contributed by atoms with Gasteiger partial charge in [0.2, 0.25) is 5.91 Å². The number of hydrogen-bond acceptors (Lipinski definition) is 4. The first-order chi connectivity index (χ1) is 14.8. The molecule has 31 heavy (non-hydrogen) atoms. The van der Waals surface area contributed by atoms with Crippen LogP contribution in [-0.4, -0.2) is 25.9 Å². The van der Waals surface area contributed by atoms with E-state index < -0.39 is 17.0 Å². The van der Waals surface area contributed by atoms with E-state index in [9.17, 15) is 18.0 Å². The fourth-order valence-electron chi connectivity index (χ4n) is 2.83. The van der Waals surface area contributed by atoms with Crippen LogP contribution >= 0.6 is 11.8 Å². The van der Waals surface area contributed by atoms with Gasteiger partial charge in [-0.15, -0.1) is 16.8 Å². The number of anilines is 1. The number of aromatic nitrogens is 3. The average molecular weight is 446 g/mol. The monoisotopic (exact) mass is 446 g/mol. The number of thioether (sulfide) groups is 1. The van der Waals surface area contributed by atoms with Crippen molar-refractivity contribution in [1.82, 2.24) is 14.8 Å². The molecule has 0 bridgehead atoms. The predicted octanol–water partition coefficient (Wildman–Crippen LogP) is 5.19. The highest BCUT2D eigenvalue weighted by molar-refractivity contribution is 8.00. The van der Waals surface area contributed by atoms with E-state index in [0.717, 1.165) is 23.5 Å². The molecule has 1 unspecified atom stereocenters. The number of carbonyl (C=O) groups excluding carboxylic acids is 1. The first kappa shape index (κ1) is 22.6. The summed E-state index contributed by atoms with van der Waals surface area (Å²) in [5, 5.41) is 11.1. The number of rotatable bonds is 8. The van der Waals surface area contributed by atoms with Crippen molar-refractivity contribution in [1.29, 1.82) is 0 Å². The minimum absolute atomic E-state index is 0.294. The van der Waals surface area contributed by atoms with E-state index >= 15 is 0 Å². The lowest BCUT2D eigenvalue weighted by Gasteiger charge is -2.13. The van der Waals surface area contributed by atoms with Crippen LogP contribution < -0.4 is 5.32 Å². The molecule has 1 heterocycles. The molecule has 1 amide bonds. The van der Waals surface area contributed by atoms with Gasteiger partial charge in [0.15, 0.2) is 5.16 Å². The highest BCUT2D eigenvalue weighted by Gasteiger charge is 2.30. The molecule has 1 aromatic heterocycles. The number of halogens is 3. The number of nitrogens with one attached hydrogen (secondary N) is 1. The highest BCUT2D eigenvalue weighted by Crippen LogP contribution is 2.30. The van der Waals surface area contributed by atoms with Crippen molar-refractivity contribution < 1.29 is 18.0 Å². The molecule has 5 nitrogen and oxygen atoms in total. The minimum Gasteiger partial charge on any atom is -0.325 e. The Morgan fingerprint density at radius 1 is 1.16 bits per heavy atom. The molecule has 0 aliphatic heterocycles. The third-order valence-corrected chi connectivity index (χ3v) is 5.52. The fourth-order valence-corrected chi connectivity index (χ4v) is 3.70. The van der Waals surface area contributed by atoms with E-state index in [1.165, 1.54) is 23.9 Å². The molecule has 0 aliphatic rings. The molecular weight excluding hydrogens is 425 g/mol. The van der Waals surface area contributed by atoms with E-state index in [4.69, 9.17) is 0 Å². The van der Waals surface area contributed by atoms with Crippen LogP contribution in [0.3, 0.4) is 0 Å². The second kappa shape index (κ2) is 9.82. The molecule has 0 fully saturated rings. The van der Waals surface area contributed by atoms with Crippen LogP contribution in [-0.2, 0) is 23.9 Å². The zero-order valence-corrected chi connectivity index (χ0v) is 17.6. The molecule has 2 aromatic carbocycles. The number of carbonyl (C=O) groups is 1. The molecular formula is C22H21F3N4OS. The van der Waals surface area contributed by atoms with Gasteiger partial charge >= 0.3 is 6.18 Å². The molecule has 3 aromatic rings. The Morgan fingerprint density at radius 3 is 2.45 bits per heavy atom. The molecule has 1 atom stereocenters. The standard InChI is InChI=1S/C22H21F3N4OS/c1-3-13-29-19(14-16-7-5-4-6-8-16)27-28-21(29)31-15(2)20(30)26-18-11-9-17(10-12-18)22(23,24)25/h3-12,15H,1,13-14H2,2H3,(H,26,30).